The molecular formula is C20H24F3N5O4S. The summed E-state index contributed by atoms with van der Waals surface area (Å²) in [7, 11) is -3.28. The fraction of sp³-hybridized carbons (Fsp3) is 0.500. The normalized spacial score (nSPS) is 22.6. The zero-order valence-electron chi connectivity index (χ0n) is 17.8. The third kappa shape index (κ3) is 6.16. The van der Waals surface area contributed by atoms with Crippen LogP contribution in [0.4, 0.5) is 19.1 Å². The van der Waals surface area contributed by atoms with Gasteiger partial charge in [0.15, 0.2) is 0 Å². The maximum absolute atomic E-state index is 13.0. The summed E-state index contributed by atoms with van der Waals surface area (Å²) in [4.78, 5) is 23.8. The first kappa shape index (κ1) is 24.8. The Kier molecular flexibility index (Phi) is 7.52. The van der Waals surface area contributed by atoms with Crippen molar-refractivity contribution in [1.82, 2.24) is 19.3 Å². The number of nitrogens with zero attached hydrogens (tertiary/aromatic N) is 5. The number of aryl methyl sites for hydroxylation is 1. The molecule has 0 saturated carbocycles. The van der Waals surface area contributed by atoms with Crippen LogP contribution in [-0.4, -0.2) is 69.8 Å². The van der Waals surface area contributed by atoms with E-state index in [1.165, 1.54) is 0 Å². The summed E-state index contributed by atoms with van der Waals surface area (Å²) in [5, 5.41) is 6.82. The molecule has 2 fully saturated rings. The number of carboxylic acids is 1. The summed E-state index contributed by atoms with van der Waals surface area (Å²) in [5.41, 5.74) is 2.00. The van der Waals surface area contributed by atoms with Crippen LogP contribution in [0.3, 0.4) is 0 Å². The fourth-order valence-electron chi connectivity index (χ4n) is 3.89. The average molecular weight is 488 g/mol. The first-order valence-corrected chi connectivity index (χ1v) is 11.7. The minimum atomic E-state index is -5.08. The zero-order valence-corrected chi connectivity index (χ0v) is 18.6. The molecule has 4 heterocycles. The van der Waals surface area contributed by atoms with Gasteiger partial charge < -0.3 is 10.0 Å². The summed E-state index contributed by atoms with van der Waals surface area (Å²) >= 11 is 0. The average Bonchev–Trinajstić information content (AvgIpc) is 2.89. The third-order valence-electron chi connectivity index (χ3n) is 5.56. The highest BCUT2D eigenvalue weighted by molar-refractivity contribution is 7.90. The monoisotopic (exact) mass is 487 g/mol. The molecule has 0 amide bonds. The van der Waals surface area contributed by atoms with Gasteiger partial charge in [-0.1, -0.05) is 0 Å². The van der Waals surface area contributed by atoms with Crippen LogP contribution >= 0.6 is 0 Å². The number of aromatic nitrogens is 3. The molecule has 2 aliphatic rings. The summed E-state index contributed by atoms with van der Waals surface area (Å²) < 4.78 is 59.5. The number of carbonyl (C=O) groups is 1. The highest BCUT2D eigenvalue weighted by atomic mass is 32.2. The van der Waals surface area contributed by atoms with Crippen molar-refractivity contribution in [3.05, 3.63) is 48.0 Å². The van der Waals surface area contributed by atoms with E-state index >= 15 is 0 Å². The second kappa shape index (κ2) is 10.00. The Labute approximate surface area is 189 Å². The molecule has 0 bridgehead atoms. The number of rotatable bonds is 3. The van der Waals surface area contributed by atoms with E-state index in [9.17, 15) is 21.6 Å². The lowest BCUT2D eigenvalue weighted by Gasteiger charge is -2.22. The van der Waals surface area contributed by atoms with Crippen molar-refractivity contribution in [3.8, 4) is 0 Å². The van der Waals surface area contributed by atoms with Crippen molar-refractivity contribution in [2.45, 2.75) is 37.7 Å². The van der Waals surface area contributed by atoms with Crippen molar-refractivity contribution >= 4 is 21.9 Å². The number of halogens is 3. The number of fused-ring (bicyclic) bond motifs is 1. The Morgan fingerprint density at radius 2 is 1.73 bits per heavy atom. The van der Waals surface area contributed by atoms with Gasteiger partial charge in [-0.3, -0.25) is 4.98 Å². The molecule has 0 unspecified atom stereocenters. The highest BCUT2D eigenvalue weighted by Crippen LogP contribution is 2.35. The van der Waals surface area contributed by atoms with E-state index in [4.69, 9.17) is 9.90 Å². The van der Waals surface area contributed by atoms with Crippen molar-refractivity contribution in [3.63, 3.8) is 0 Å². The van der Waals surface area contributed by atoms with Gasteiger partial charge in [-0.05, 0) is 48.9 Å². The predicted molar refractivity (Wildman–Crippen MR) is 113 cm³/mol. The van der Waals surface area contributed by atoms with E-state index < -0.39 is 22.2 Å². The summed E-state index contributed by atoms with van der Waals surface area (Å²) in [6.07, 6.45) is 3.40. The van der Waals surface area contributed by atoms with Crippen molar-refractivity contribution in [2.24, 2.45) is 5.92 Å². The first-order chi connectivity index (χ1) is 15.5. The Hall–Kier alpha value is -2.80. The molecule has 0 radical (unpaired) electrons. The van der Waals surface area contributed by atoms with Crippen LogP contribution in [-0.2, 0) is 21.4 Å². The van der Waals surface area contributed by atoms with Crippen molar-refractivity contribution < 1.29 is 31.5 Å². The molecule has 0 spiro atoms. The molecule has 180 valence electrons. The van der Waals surface area contributed by atoms with Gasteiger partial charge in [0, 0.05) is 51.0 Å². The molecule has 0 aromatic carbocycles. The maximum atomic E-state index is 13.0. The van der Waals surface area contributed by atoms with Crippen LogP contribution in [0.15, 0.2) is 36.9 Å². The largest absolute Gasteiger partial charge is 0.490 e. The molecule has 2 aromatic heterocycles. The summed E-state index contributed by atoms with van der Waals surface area (Å²) in [6, 6.07) is 3.75. The lowest BCUT2D eigenvalue weighted by molar-refractivity contribution is -0.192. The zero-order chi connectivity index (χ0) is 24.2. The molecular weight excluding hydrogens is 463 g/mol. The molecule has 2 aromatic rings. The van der Waals surface area contributed by atoms with Gasteiger partial charge >= 0.3 is 12.1 Å². The molecule has 4 rings (SSSR count). The lowest BCUT2D eigenvalue weighted by atomic mass is 10.0. The van der Waals surface area contributed by atoms with Crippen LogP contribution in [0.25, 0.3) is 0 Å². The minimum absolute atomic E-state index is 0.164. The number of aliphatic carboxylic acids is 1. The molecule has 9 nitrogen and oxygen atoms in total. The quantitative estimate of drug-likeness (QED) is 0.701. The predicted octanol–water partition coefficient (Wildman–Crippen LogP) is 2.24. The minimum Gasteiger partial charge on any atom is -0.475 e. The van der Waals surface area contributed by atoms with Crippen LogP contribution in [0.5, 0.6) is 0 Å². The van der Waals surface area contributed by atoms with E-state index in [2.05, 4.69) is 19.9 Å². The summed E-state index contributed by atoms with van der Waals surface area (Å²) in [6.45, 7) is 4.45. The van der Waals surface area contributed by atoms with Crippen molar-refractivity contribution in [2.75, 3.05) is 24.5 Å². The molecule has 2 aliphatic heterocycles. The van der Waals surface area contributed by atoms with Crippen LogP contribution in [0.1, 0.15) is 24.0 Å². The van der Waals surface area contributed by atoms with Gasteiger partial charge in [0.05, 0.1) is 5.25 Å². The van der Waals surface area contributed by atoms with Crippen LogP contribution in [0.2, 0.25) is 0 Å². The molecule has 2 saturated heterocycles. The number of hydrogen-bond donors (Lipinski definition) is 1. The lowest BCUT2D eigenvalue weighted by Crippen LogP contribution is -2.32. The smallest absolute Gasteiger partial charge is 0.475 e. The first-order valence-electron chi connectivity index (χ1n) is 10.2. The second-order valence-corrected chi connectivity index (χ2v) is 10.1. The Morgan fingerprint density at radius 1 is 1.15 bits per heavy atom. The van der Waals surface area contributed by atoms with E-state index in [1.807, 2.05) is 19.1 Å². The van der Waals surface area contributed by atoms with E-state index in [0.717, 1.165) is 24.1 Å². The molecule has 2 atom stereocenters. The topological polar surface area (TPSA) is 117 Å². The Morgan fingerprint density at radius 3 is 2.30 bits per heavy atom. The molecule has 33 heavy (non-hydrogen) atoms. The number of alkyl halides is 3. The second-order valence-electron chi connectivity index (χ2n) is 7.92. The van der Waals surface area contributed by atoms with Gasteiger partial charge in [-0.25, -0.2) is 23.2 Å². The molecule has 13 heteroatoms. The Balaban J connectivity index is 0.000000383. The Bertz CT molecular complexity index is 1050. The van der Waals surface area contributed by atoms with Gasteiger partial charge in [0.25, 0.3) is 0 Å². The van der Waals surface area contributed by atoms with Gasteiger partial charge in [0.1, 0.15) is 0 Å². The van der Waals surface area contributed by atoms with E-state index in [1.54, 1.807) is 29.1 Å². The highest BCUT2D eigenvalue weighted by Gasteiger charge is 2.46. The van der Waals surface area contributed by atoms with Crippen LogP contribution < -0.4 is 4.90 Å². The number of pyridine rings is 1. The van der Waals surface area contributed by atoms with Gasteiger partial charge in [-0.2, -0.15) is 17.5 Å². The maximum Gasteiger partial charge on any atom is 0.490 e. The van der Waals surface area contributed by atoms with Crippen molar-refractivity contribution in [1.29, 1.82) is 0 Å². The SMILES string of the molecule is Cc1cnc(N2CC[C@@H]3CN(Cc4ccncc4)S(=O)(=O)[C@@H]3CC2)nc1.O=C(O)C(F)(F)F. The fourth-order valence-corrected chi connectivity index (χ4v) is 6.11. The summed E-state index contributed by atoms with van der Waals surface area (Å²) in [5.74, 6) is -1.90. The molecule has 0 aliphatic carbocycles. The number of sulfonamides is 1. The van der Waals surface area contributed by atoms with Crippen LogP contribution in [0, 0.1) is 12.8 Å². The number of hydrogen-bond acceptors (Lipinski definition) is 7. The standard InChI is InChI=1S/C18H23N5O2S.C2HF3O2/c1-14-10-20-18(21-11-14)22-8-4-16-13-23(12-15-2-6-19-7-3-15)26(24,25)17(16)5-9-22;3-2(4,5)1(6)7/h2-3,6-7,10-11,16-17H,4-5,8-9,12-13H2,1H3;(H,6,7)/t16-,17-;/m1./s1. The van der Waals surface area contributed by atoms with E-state index in [-0.39, 0.29) is 11.2 Å². The number of carboxylic acid groups (broad SMARTS) is 1. The van der Waals surface area contributed by atoms with E-state index in [0.29, 0.717) is 32.0 Å². The molecule has 1 N–H and O–H groups in total. The van der Waals surface area contributed by atoms with Gasteiger partial charge in [0.2, 0.25) is 16.0 Å². The third-order valence-corrected chi connectivity index (χ3v) is 7.94. The van der Waals surface area contributed by atoms with Gasteiger partial charge in [-0.15, -0.1) is 0 Å². The number of anilines is 1.